The smallest absolute Gasteiger partial charge is 0.126 e. The molecule has 1 aliphatic carbocycles. The van der Waals surface area contributed by atoms with Crippen molar-refractivity contribution in [1.29, 1.82) is 0 Å². The Morgan fingerprint density at radius 2 is 1.46 bits per heavy atom. The monoisotopic (exact) mass is 461 g/mol. The highest BCUT2D eigenvalue weighted by Gasteiger charge is 2.22. The third-order valence-corrected chi connectivity index (χ3v) is 8.08. The summed E-state index contributed by atoms with van der Waals surface area (Å²) in [6.07, 6.45) is 7.56. The van der Waals surface area contributed by atoms with Gasteiger partial charge in [-0.3, -0.25) is 0 Å². The first-order valence-corrected chi connectivity index (χ1v) is 13.0. The minimum absolute atomic E-state index is 0.372. The zero-order valence-electron chi connectivity index (χ0n) is 20.2. The molecule has 0 bridgehead atoms. The maximum absolute atomic E-state index is 5.00. The van der Waals surface area contributed by atoms with Crippen LogP contribution in [0.1, 0.15) is 62.1 Å². The Balaban J connectivity index is 1.17. The number of imidazole rings is 2. The molecule has 0 unspecified atom stereocenters. The fourth-order valence-electron chi connectivity index (χ4n) is 6.07. The van der Waals surface area contributed by atoms with Crippen LogP contribution in [0.4, 0.5) is 0 Å². The second kappa shape index (κ2) is 8.35. The molecule has 35 heavy (non-hydrogen) atoms. The summed E-state index contributed by atoms with van der Waals surface area (Å²) in [5.74, 6) is 2.92. The van der Waals surface area contributed by atoms with E-state index in [1.54, 1.807) is 0 Å². The van der Waals surface area contributed by atoms with E-state index < -0.39 is 0 Å². The first kappa shape index (κ1) is 20.9. The summed E-state index contributed by atoms with van der Waals surface area (Å²) < 4.78 is 2.24. The zero-order chi connectivity index (χ0) is 23.4. The lowest BCUT2D eigenvalue weighted by molar-refractivity contribution is 0.584. The lowest BCUT2D eigenvalue weighted by Crippen LogP contribution is -2.16. The number of rotatable bonds is 4. The molecule has 5 aromatic rings. The fourth-order valence-corrected chi connectivity index (χ4v) is 6.07. The quantitative estimate of drug-likeness (QED) is 0.307. The van der Waals surface area contributed by atoms with Crippen molar-refractivity contribution in [2.24, 2.45) is 7.05 Å². The highest BCUT2D eigenvalue weighted by atomic mass is 15.1. The fraction of sp³-hybridized carbons (Fsp3) is 0.333. The van der Waals surface area contributed by atoms with Gasteiger partial charge in [-0.15, -0.1) is 0 Å². The van der Waals surface area contributed by atoms with Crippen molar-refractivity contribution in [3.63, 3.8) is 0 Å². The van der Waals surface area contributed by atoms with Crippen molar-refractivity contribution < 1.29 is 0 Å². The number of aryl methyl sites for hydroxylation is 1. The highest BCUT2D eigenvalue weighted by molar-refractivity contribution is 5.85. The van der Waals surface area contributed by atoms with E-state index >= 15 is 0 Å². The van der Waals surface area contributed by atoms with Gasteiger partial charge in [0.2, 0.25) is 0 Å². The van der Waals surface area contributed by atoms with Gasteiger partial charge in [0.15, 0.2) is 0 Å². The van der Waals surface area contributed by atoms with E-state index in [0.29, 0.717) is 12.0 Å². The molecule has 5 nitrogen and oxygen atoms in total. The normalized spacial score (nSPS) is 18.8. The van der Waals surface area contributed by atoms with Gasteiger partial charge in [-0.25, -0.2) is 9.97 Å². The molecule has 1 saturated heterocycles. The molecule has 0 radical (unpaired) electrons. The standard InChI is InChI=1S/C30H31N5/c1-35-28-15-13-23(18-27(28)34-30(35)25-7-4-16-31-25)20-10-8-19(9-11-20)22-12-14-24-26(17-22)33-29(32-24)21-5-2-3-6-21/h8-15,17-18,21,25,31H,2-7,16H2,1H3,(H,32,33)/t25-/m0/s1. The van der Waals surface area contributed by atoms with Crippen molar-refractivity contribution in [1.82, 2.24) is 24.8 Å². The lowest BCUT2D eigenvalue weighted by atomic mass is 10.00. The van der Waals surface area contributed by atoms with Crippen LogP contribution in [0, 0.1) is 0 Å². The van der Waals surface area contributed by atoms with Gasteiger partial charge < -0.3 is 14.9 Å². The van der Waals surface area contributed by atoms with Crippen LogP contribution in [-0.2, 0) is 7.05 Å². The van der Waals surface area contributed by atoms with Crippen molar-refractivity contribution in [2.45, 2.75) is 50.5 Å². The summed E-state index contributed by atoms with van der Waals surface area (Å²) in [5.41, 5.74) is 9.34. The molecule has 176 valence electrons. The number of aromatic amines is 1. The highest BCUT2D eigenvalue weighted by Crippen LogP contribution is 2.35. The summed E-state index contributed by atoms with van der Waals surface area (Å²) in [7, 11) is 2.13. The number of H-pyrrole nitrogens is 1. The Bertz CT molecular complexity index is 1510. The van der Waals surface area contributed by atoms with Gasteiger partial charge in [-0.2, -0.15) is 0 Å². The van der Waals surface area contributed by atoms with E-state index in [-0.39, 0.29) is 0 Å². The summed E-state index contributed by atoms with van der Waals surface area (Å²) in [5, 5.41) is 3.58. The molecule has 0 spiro atoms. The van der Waals surface area contributed by atoms with Crippen LogP contribution in [-0.4, -0.2) is 26.1 Å². The van der Waals surface area contributed by atoms with Crippen LogP contribution in [0.2, 0.25) is 0 Å². The molecule has 2 aliphatic rings. The molecule has 3 heterocycles. The van der Waals surface area contributed by atoms with Gasteiger partial charge in [-0.05, 0) is 78.7 Å². The Morgan fingerprint density at radius 1 is 0.743 bits per heavy atom. The van der Waals surface area contributed by atoms with Gasteiger partial charge in [-0.1, -0.05) is 49.2 Å². The minimum Gasteiger partial charge on any atom is -0.342 e. The predicted octanol–water partition coefficient (Wildman–Crippen LogP) is 6.87. The Kier molecular flexibility index (Phi) is 4.98. The van der Waals surface area contributed by atoms with E-state index in [4.69, 9.17) is 9.97 Å². The minimum atomic E-state index is 0.372. The first-order chi connectivity index (χ1) is 17.2. The SMILES string of the molecule is Cn1c([C@@H]2CCCN2)nc2cc(-c3ccc(-c4ccc5nc(C6CCCC6)[nH]c5c4)cc3)ccc21. The molecule has 2 N–H and O–H groups in total. The van der Waals surface area contributed by atoms with E-state index in [1.807, 2.05) is 0 Å². The molecule has 2 aromatic heterocycles. The third kappa shape index (κ3) is 3.66. The van der Waals surface area contributed by atoms with Crippen LogP contribution in [0.3, 0.4) is 0 Å². The Morgan fingerprint density at radius 3 is 2.20 bits per heavy atom. The molecule has 5 heteroatoms. The molecule has 1 aliphatic heterocycles. The third-order valence-electron chi connectivity index (χ3n) is 8.08. The molecule has 1 saturated carbocycles. The van der Waals surface area contributed by atoms with Gasteiger partial charge in [0.1, 0.15) is 11.6 Å². The van der Waals surface area contributed by atoms with E-state index in [1.165, 1.54) is 65.7 Å². The molecule has 0 amide bonds. The average Bonchev–Trinajstić information content (AvgIpc) is 3.70. The van der Waals surface area contributed by atoms with E-state index in [0.717, 1.165) is 35.3 Å². The molecule has 2 fully saturated rings. The Hall–Kier alpha value is -3.44. The summed E-state index contributed by atoms with van der Waals surface area (Å²) >= 11 is 0. The molecule has 7 rings (SSSR count). The van der Waals surface area contributed by atoms with Crippen LogP contribution < -0.4 is 5.32 Å². The lowest BCUT2D eigenvalue weighted by Gasteiger charge is -2.09. The van der Waals surface area contributed by atoms with Gasteiger partial charge in [0.25, 0.3) is 0 Å². The number of nitrogens with one attached hydrogen (secondary N) is 2. The van der Waals surface area contributed by atoms with Crippen LogP contribution in [0.25, 0.3) is 44.3 Å². The van der Waals surface area contributed by atoms with Crippen LogP contribution in [0.15, 0.2) is 60.7 Å². The molecule has 1 atom stereocenters. The van der Waals surface area contributed by atoms with E-state index in [2.05, 4.69) is 82.6 Å². The number of aromatic nitrogens is 4. The van der Waals surface area contributed by atoms with Crippen LogP contribution in [0.5, 0.6) is 0 Å². The summed E-state index contributed by atoms with van der Waals surface area (Å²) in [6.45, 7) is 1.08. The number of benzene rings is 3. The second-order valence-corrected chi connectivity index (χ2v) is 10.3. The first-order valence-electron chi connectivity index (χ1n) is 13.0. The van der Waals surface area contributed by atoms with Crippen molar-refractivity contribution in [2.75, 3.05) is 6.54 Å². The average molecular weight is 462 g/mol. The molecular formula is C30H31N5. The van der Waals surface area contributed by atoms with Gasteiger partial charge in [0, 0.05) is 13.0 Å². The number of hydrogen-bond acceptors (Lipinski definition) is 3. The van der Waals surface area contributed by atoms with Gasteiger partial charge >= 0.3 is 0 Å². The van der Waals surface area contributed by atoms with Crippen molar-refractivity contribution in [3.8, 4) is 22.3 Å². The molecular weight excluding hydrogens is 430 g/mol. The molecule has 3 aromatic carbocycles. The summed E-state index contributed by atoms with van der Waals surface area (Å²) in [4.78, 5) is 13.5. The number of nitrogens with zero attached hydrogens (tertiary/aromatic N) is 3. The maximum Gasteiger partial charge on any atom is 0.126 e. The van der Waals surface area contributed by atoms with Gasteiger partial charge in [0.05, 0.1) is 28.1 Å². The topological polar surface area (TPSA) is 58.5 Å². The number of fused-ring (bicyclic) bond motifs is 2. The maximum atomic E-state index is 5.00. The largest absolute Gasteiger partial charge is 0.342 e. The Labute approximate surface area is 205 Å². The van der Waals surface area contributed by atoms with Crippen molar-refractivity contribution in [3.05, 3.63) is 72.3 Å². The zero-order valence-corrected chi connectivity index (χ0v) is 20.2. The predicted molar refractivity (Wildman–Crippen MR) is 142 cm³/mol. The van der Waals surface area contributed by atoms with Crippen LogP contribution >= 0.6 is 0 Å². The van der Waals surface area contributed by atoms with Crippen molar-refractivity contribution >= 4 is 22.1 Å². The second-order valence-electron chi connectivity index (χ2n) is 10.3. The summed E-state index contributed by atoms with van der Waals surface area (Å²) in [6, 6.07) is 22.5. The number of hydrogen-bond donors (Lipinski definition) is 2. The van der Waals surface area contributed by atoms with E-state index in [9.17, 15) is 0 Å².